The SMILES string of the molecule is Cc1nc(CNCc2c(C)n[nH]c2C)cs1. The standard InChI is InChI=1S/C11H16N4S/c1-7-11(8(2)15-14-7)5-12-4-10-6-16-9(3)13-10/h6,12H,4-5H2,1-3H3,(H,14,15). The molecule has 4 nitrogen and oxygen atoms in total. The van der Waals surface area contributed by atoms with Gasteiger partial charge in [0.25, 0.3) is 0 Å². The summed E-state index contributed by atoms with van der Waals surface area (Å²) < 4.78 is 0. The minimum atomic E-state index is 0.814. The van der Waals surface area contributed by atoms with Crippen LogP contribution in [-0.2, 0) is 13.1 Å². The van der Waals surface area contributed by atoms with E-state index < -0.39 is 0 Å². The number of aromatic nitrogens is 3. The number of hydrogen-bond acceptors (Lipinski definition) is 4. The number of aryl methyl sites for hydroxylation is 3. The predicted molar refractivity (Wildman–Crippen MR) is 65.5 cm³/mol. The van der Waals surface area contributed by atoms with Crippen LogP contribution in [0.2, 0.25) is 0 Å². The number of rotatable bonds is 4. The summed E-state index contributed by atoms with van der Waals surface area (Å²) >= 11 is 1.69. The molecule has 0 unspecified atom stereocenters. The molecular formula is C11H16N4S. The minimum absolute atomic E-state index is 0.814. The summed E-state index contributed by atoms with van der Waals surface area (Å²) in [5.41, 5.74) is 4.58. The van der Waals surface area contributed by atoms with Crippen LogP contribution in [0.25, 0.3) is 0 Å². The van der Waals surface area contributed by atoms with Crippen molar-refractivity contribution in [1.82, 2.24) is 20.5 Å². The molecule has 86 valence electrons. The van der Waals surface area contributed by atoms with Crippen molar-refractivity contribution >= 4 is 11.3 Å². The van der Waals surface area contributed by atoms with Crippen molar-refractivity contribution in [3.05, 3.63) is 33.0 Å². The molecule has 0 radical (unpaired) electrons. The molecule has 2 rings (SSSR count). The number of nitrogens with zero attached hydrogens (tertiary/aromatic N) is 2. The Hall–Kier alpha value is -1.20. The third-order valence-electron chi connectivity index (χ3n) is 2.56. The first-order valence-corrected chi connectivity index (χ1v) is 6.17. The van der Waals surface area contributed by atoms with Gasteiger partial charge in [0.2, 0.25) is 0 Å². The van der Waals surface area contributed by atoms with Gasteiger partial charge < -0.3 is 5.32 Å². The lowest BCUT2D eigenvalue weighted by atomic mass is 10.2. The van der Waals surface area contributed by atoms with E-state index >= 15 is 0 Å². The van der Waals surface area contributed by atoms with Crippen LogP contribution in [0.3, 0.4) is 0 Å². The molecule has 0 aliphatic rings. The highest BCUT2D eigenvalue weighted by atomic mass is 32.1. The van der Waals surface area contributed by atoms with E-state index in [2.05, 4.69) is 25.9 Å². The molecule has 0 aliphatic heterocycles. The fourth-order valence-electron chi connectivity index (χ4n) is 1.64. The van der Waals surface area contributed by atoms with E-state index in [4.69, 9.17) is 0 Å². The Balaban J connectivity index is 1.89. The molecule has 2 N–H and O–H groups in total. The Bertz CT molecular complexity index is 453. The van der Waals surface area contributed by atoms with E-state index in [9.17, 15) is 0 Å². The monoisotopic (exact) mass is 236 g/mol. The van der Waals surface area contributed by atoms with Gasteiger partial charge >= 0.3 is 0 Å². The maximum absolute atomic E-state index is 4.41. The van der Waals surface area contributed by atoms with Crippen molar-refractivity contribution in [2.75, 3.05) is 0 Å². The van der Waals surface area contributed by atoms with Gasteiger partial charge in [-0.15, -0.1) is 11.3 Å². The van der Waals surface area contributed by atoms with Gasteiger partial charge in [-0.2, -0.15) is 5.10 Å². The molecule has 5 heteroatoms. The number of H-pyrrole nitrogens is 1. The highest BCUT2D eigenvalue weighted by Crippen LogP contribution is 2.10. The average Bonchev–Trinajstić information content (AvgIpc) is 2.78. The highest BCUT2D eigenvalue weighted by Gasteiger charge is 2.05. The summed E-state index contributed by atoms with van der Waals surface area (Å²) in [5, 5.41) is 13.7. The lowest BCUT2D eigenvalue weighted by Crippen LogP contribution is -2.13. The third kappa shape index (κ3) is 2.48. The Kier molecular flexibility index (Phi) is 3.36. The zero-order valence-electron chi connectivity index (χ0n) is 9.79. The molecular weight excluding hydrogens is 220 g/mol. The highest BCUT2D eigenvalue weighted by molar-refractivity contribution is 7.09. The van der Waals surface area contributed by atoms with Crippen LogP contribution in [0.5, 0.6) is 0 Å². The molecule has 0 spiro atoms. The summed E-state index contributed by atoms with van der Waals surface area (Å²) in [7, 11) is 0. The van der Waals surface area contributed by atoms with Crippen LogP contribution in [0.15, 0.2) is 5.38 Å². The van der Waals surface area contributed by atoms with Crippen molar-refractivity contribution in [2.24, 2.45) is 0 Å². The molecule has 0 aromatic carbocycles. The quantitative estimate of drug-likeness (QED) is 0.854. The normalized spacial score (nSPS) is 10.9. The van der Waals surface area contributed by atoms with Crippen LogP contribution in [0, 0.1) is 20.8 Å². The Morgan fingerprint density at radius 2 is 2.12 bits per heavy atom. The second-order valence-corrected chi connectivity index (χ2v) is 4.94. The van der Waals surface area contributed by atoms with Crippen molar-refractivity contribution < 1.29 is 0 Å². The lowest BCUT2D eigenvalue weighted by Gasteiger charge is -2.02. The maximum atomic E-state index is 4.41. The molecule has 0 amide bonds. The van der Waals surface area contributed by atoms with Crippen LogP contribution in [0.4, 0.5) is 0 Å². The van der Waals surface area contributed by atoms with Crippen molar-refractivity contribution in [2.45, 2.75) is 33.9 Å². The summed E-state index contributed by atoms with van der Waals surface area (Å²) in [6.07, 6.45) is 0. The number of thiazole rings is 1. The van der Waals surface area contributed by atoms with Gasteiger partial charge in [0.05, 0.1) is 16.4 Å². The third-order valence-corrected chi connectivity index (χ3v) is 3.38. The van der Waals surface area contributed by atoms with E-state index in [1.807, 2.05) is 20.8 Å². The topological polar surface area (TPSA) is 53.6 Å². The summed E-state index contributed by atoms with van der Waals surface area (Å²) in [6.45, 7) is 7.75. The van der Waals surface area contributed by atoms with Crippen LogP contribution < -0.4 is 5.32 Å². The molecule has 2 aromatic rings. The Morgan fingerprint density at radius 1 is 1.31 bits per heavy atom. The molecule has 0 aliphatic carbocycles. The van der Waals surface area contributed by atoms with Crippen molar-refractivity contribution in [3.8, 4) is 0 Å². The van der Waals surface area contributed by atoms with Crippen molar-refractivity contribution in [1.29, 1.82) is 0 Å². The molecule has 0 saturated heterocycles. The van der Waals surface area contributed by atoms with E-state index in [-0.39, 0.29) is 0 Å². The first-order valence-electron chi connectivity index (χ1n) is 5.29. The van der Waals surface area contributed by atoms with E-state index in [1.54, 1.807) is 11.3 Å². The van der Waals surface area contributed by atoms with Gasteiger partial charge in [-0.05, 0) is 20.8 Å². The second kappa shape index (κ2) is 4.76. The van der Waals surface area contributed by atoms with Gasteiger partial charge in [0, 0.05) is 29.7 Å². The summed E-state index contributed by atoms with van der Waals surface area (Å²) in [4.78, 5) is 4.41. The molecule has 0 atom stereocenters. The van der Waals surface area contributed by atoms with E-state index in [1.165, 1.54) is 5.56 Å². The maximum Gasteiger partial charge on any atom is 0.0897 e. The molecule has 0 fully saturated rings. The van der Waals surface area contributed by atoms with E-state index in [0.29, 0.717) is 0 Å². The van der Waals surface area contributed by atoms with Gasteiger partial charge in [-0.25, -0.2) is 4.98 Å². The number of aromatic amines is 1. The van der Waals surface area contributed by atoms with Crippen molar-refractivity contribution in [3.63, 3.8) is 0 Å². The average molecular weight is 236 g/mol. The predicted octanol–water partition coefficient (Wildman–Crippen LogP) is 2.08. The van der Waals surface area contributed by atoms with Gasteiger partial charge in [-0.3, -0.25) is 5.10 Å². The molecule has 0 saturated carbocycles. The molecule has 16 heavy (non-hydrogen) atoms. The van der Waals surface area contributed by atoms with Gasteiger partial charge in [0.15, 0.2) is 0 Å². The van der Waals surface area contributed by atoms with Crippen LogP contribution in [-0.4, -0.2) is 15.2 Å². The summed E-state index contributed by atoms with van der Waals surface area (Å²) in [6, 6.07) is 0. The van der Waals surface area contributed by atoms with Crippen LogP contribution in [0.1, 0.15) is 27.7 Å². The van der Waals surface area contributed by atoms with Gasteiger partial charge in [-0.1, -0.05) is 0 Å². The smallest absolute Gasteiger partial charge is 0.0897 e. The van der Waals surface area contributed by atoms with Crippen LogP contribution >= 0.6 is 11.3 Å². The number of nitrogens with one attached hydrogen (secondary N) is 2. The Labute approximate surface area is 99.1 Å². The molecule has 0 bridgehead atoms. The molecule has 2 aromatic heterocycles. The zero-order valence-corrected chi connectivity index (χ0v) is 10.6. The molecule has 2 heterocycles. The minimum Gasteiger partial charge on any atom is -0.307 e. The zero-order chi connectivity index (χ0) is 11.5. The number of hydrogen-bond donors (Lipinski definition) is 2. The first kappa shape index (κ1) is 11.3. The van der Waals surface area contributed by atoms with Gasteiger partial charge in [0.1, 0.15) is 0 Å². The lowest BCUT2D eigenvalue weighted by molar-refractivity contribution is 0.677. The fraction of sp³-hybridized carbons (Fsp3) is 0.455. The first-order chi connectivity index (χ1) is 7.66. The second-order valence-electron chi connectivity index (χ2n) is 3.87. The Morgan fingerprint density at radius 3 is 2.69 bits per heavy atom. The summed E-state index contributed by atoms with van der Waals surface area (Å²) in [5.74, 6) is 0. The van der Waals surface area contributed by atoms with E-state index in [0.717, 1.165) is 35.2 Å². The fourth-order valence-corrected chi connectivity index (χ4v) is 2.25. The largest absolute Gasteiger partial charge is 0.307 e.